The molecule has 0 amide bonds. The predicted molar refractivity (Wildman–Crippen MR) is 123 cm³/mol. The summed E-state index contributed by atoms with van der Waals surface area (Å²) in [5.41, 5.74) is 4.15. The van der Waals surface area contributed by atoms with E-state index >= 15 is 0 Å². The lowest BCUT2D eigenvalue weighted by Crippen LogP contribution is -2.55. The Balaban J connectivity index is 1.50. The summed E-state index contributed by atoms with van der Waals surface area (Å²) in [4.78, 5) is 0. The molecule has 7 heteroatoms. The second kappa shape index (κ2) is 9.65. The van der Waals surface area contributed by atoms with Gasteiger partial charge in [0.25, 0.3) is 0 Å². The van der Waals surface area contributed by atoms with Crippen LogP contribution in [-0.2, 0) is 11.2 Å². The minimum absolute atomic E-state index is 0.0241. The Labute approximate surface area is 199 Å². The van der Waals surface area contributed by atoms with Crippen molar-refractivity contribution < 1.29 is 29.9 Å². The zero-order valence-corrected chi connectivity index (χ0v) is 19.0. The molecule has 3 fully saturated rings. The van der Waals surface area contributed by atoms with Crippen molar-refractivity contribution in [3.8, 4) is 11.8 Å². The van der Waals surface area contributed by atoms with Gasteiger partial charge in [0.05, 0.1) is 24.3 Å². The fraction of sp³-hybridized carbons (Fsp3) is 0.519. The van der Waals surface area contributed by atoms with Gasteiger partial charge < -0.3 is 29.9 Å². The molecule has 1 saturated heterocycles. The Kier molecular flexibility index (Phi) is 6.61. The zero-order valence-electron chi connectivity index (χ0n) is 19.0. The molecule has 0 spiro atoms. The van der Waals surface area contributed by atoms with Crippen LogP contribution in [0.15, 0.2) is 36.4 Å². The summed E-state index contributed by atoms with van der Waals surface area (Å²) < 4.78 is 12.0. The standard InChI is InChI=1S/C27H31NO6/c28-13-19-12-22(33-20-2-1-3-20)21(27-26(32)25(31)24(30)23(14-29)34-27)11-18(19)10-15-4-6-16(7-5-15)17-8-9-17/h4-7,11-12,17,20,23-27,29-32H,1-3,8-10,14H2/t23-,24-,25+,26-,27+/m1/s1. The molecule has 180 valence electrons. The lowest BCUT2D eigenvalue weighted by Gasteiger charge is -2.41. The molecular formula is C27H31NO6. The van der Waals surface area contributed by atoms with Crippen molar-refractivity contribution in [3.63, 3.8) is 0 Å². The van der Waals surface area contributed by atoms with Gasteiger partial charge in [0.15, 0.2) is 0 Å². The van der Waals surface area contributed by atoms with E-state index in [-0.39, 0.29) is 6.10 Å². The highest BCUT2D eigenvalue weighted by Crippen LogP contribution is 2.41. The number of nitriles is 1. The fourth-order valence-electron chi connectivity index (χ4n) is 4.79. The monoisotopic (exact) mass is 465 g/mol. The van der Waals surface area contributed by atoms with Gasteiger partial charge in [-0.2, -0.15) is 5.26 Å². The van der Waals surface area contributed by atoms with Gasteiger partial charge in [0.1, 0.15) is 36.3 Å². The van der Waals surface area contributed by atoms with E-state index in [9.17, 15) is 25.7 Å². The first-order chi connectivity index (χ1) is 16.5. The van der Waals surface area contributed by atoms with E-state index in [2.05, 4.69) is 30.3 Å². The molecule has 1 aliphatic heterocycles. The van der Waals surface area contributed by atoms with Crippen molar-refractivity contribution in [2.45, 2.75) is 81.1 Å². The largest absolute Gasteiger partial charge is 0.490 e. The normalized spacial score (nSPS) is 29.3. The van der Waals surface area contributed by atoms with Crippen molar-refractivity contribution in [2.24, 2.45) is 0 Å². The molecule has 2 saturated carbocycles. The highest BCUT2D eigenvalue weighted by molar-refractivity contribution is 5.51. The molecule has 0 bridgehead atoms. The summed E-state index contributed by atoms with van der Waals surface area (Å²) in [7, 11) is 0. The SMILES string of the molecule is N#Cc1cc(OC2CCC2)c([C@@H]2O[C@H](CO)[C@@H](O)[C@H](O)[C@H]2O)cc1Cc1ccc(C2CC2)cc1. The molecule has 5 atom stereocenters. The maximum absolute atomic E-state index is 10.8. The van der Waals surface area contributed by atoms with Crippen LogP contribution in [-0.4, -0.2) is 57.6 Å². The van der Waals surface area contributed by atoms with Crippen LogP contribution in [0, 0.1) is 11.3 Å². The van der Waals surface area contributed by atoms with Crippen LogP contribution in [0.2, 0.25) is 0 Å². The Morgan fingerprint density at radius 3 is 2.29 bits per heavy atom. The predicted octanol–water partition coefficient (Wildman–Crippen LogP) is 2.47. The van der Waals surface area contributed by atoms with Crippen molar-refractivity contribution in [3.05, 3.63) is 64.2 Å². The fourth-order valence-corrected chi connectivity index (χ4v) is 4.79. The minimum atomic E-state index is -1.48. The number of hydrogen-bond donors (Lipinski definition) is 4. The van der Waals surface area contributed by atoms with Crippen molar-refractivity contribution >= 4 is 0 Å². The first-order valence-electron chi connectivity index (χ1n) is 12.1. The number of ether oxygens (including phenoxy) is 2. The van der Waals surface area contributed by atoms with Gasteiger partial charge >= 0.3 is 0 Å². The highest BCUT2D eigenvalue weighted by Gasteiger charge is 2.45. The quantitative estimate of drug-likeness (QED) is 0.495. The average molecular weight is 466 g/mol. The van der Waals surface area contributed by atoms with Crippen LogP contribution in [0.4, 0.5) is 0 Å². The molecule has 2 aliphatic carbocycles. The van der Waals surface area contributed by atoms with Gasteiger partial charge in [-0.25, -0.2) is 0 Å². The number of benzene rings is 2. The number of rotatable bonds is 7. The van der Waals surface area contributed by atoms with E-state index in [1.165, 1.54) is 18.4 Å². The van der Waals surface area contributed by atoms with Crippen LogP contribution >= 0.6 is 0 Å². The molecule has 2 aromatic carbocycles. The number of hydrogen-bond acceptors (Lipinski definition) is 7. The summed E-state index contributed by atoms with van der Waals surface area (Å²) >= 11 is 0. The Morgan fingerprint density at radius 2 is 1.71 bits per heavy atom. The summed E-state index contributed by atoms with van der Waals surface area (Å²) in [6.07, 6.45) is -0.472. The molecule has 1 heterocycles. The Morgan fingerprint density at radius 1 is 0.971 bits per heavy atom. The topological polar surface area (TPSA) is 123 Å². The van der Waals surface area contributed by atoms with E-state index < -0.39 is 37.1 Å². The highest BCUT2D eigenvalue weighted by atomic mass is 16.5. The van der Waals surface area contributed by atoms with Crippen molar-refractivity contribution in [1.82, 2.24) is 0 Å². The van der Waals surface area contributed by atoms with Crippen LogP contribution in [0.25, 0.3) is 0 Å². The van der Waals surface area contributed by atoms with Gasteiger partial charge in [-0.3, -0.25) is 0 Å². The lowest BCUT2D eigenvalue weighted by molar-refractivity contribution is -0.232. The molecule has 7 nitrogen and oxygen atoms in total. The second-order valence-electron chi connectivity index (χ2n) is 9.77. The molecule has 3 aliphatic rings. The van der Waals surface area contributed by atoms with Crippen LogP contribution in [0.5, 0.6) is 5.75 Å². The first kappa shape index (κ1) is 23.3. The van der Waals surface area contributed by atoms with Gasteiger partial charge in [-0.15, -0.1) is 0 Å². The number of aliphatic hydroxyl groups excluding tert-OH is 4. The van der Waals surface area contributed by atoms with Crippen molar-refractivity contribution in [1.29, 1.82) is 5.26 Å². The summed E-state index contributed by atoms with van der Waals surface area (Å²) in [6.45, 7) is -0.503. The number of aliphatic hydroxyl groups is 4. The van der Waals surface area contributed by atoms with Crippen LogP contribution < -0.4 is 4.74 Å². The summed E-state index contributed by atoms with van der Waals surface area (Å²) in [5, 5.41) is 50.8. The van der Waals surface area contributed by atoms with E-state index in [1.54, 1.807) is 12.1 Å². The van der Waals surface area contributed by atoms with E-state index in [0.717, 1.165) is 30.4 Å². The van der Waals surface area contributed by atoms with E-state index in [1.807, 2.05) is 0 Å². The third-order valence-corrected chi connectivity index (χ3v) is 7.32. The number of nitrogens with zero attached hydrogens (tertiary/aromatic N) is 1. The van der Waals surface area contributed by atoms with Crippen molar-refractivity contribution in [2.75, 3.05) is 6.61 Å². The third kappa shape index (κ3) is 4.57. The molecule has 34 heavy (non-hydrogen) atoms. The maximum atomic E-state index is 10.8. The maximum Gasteiger partial charge on any atom is 0.126 e. The van der Waals surface area contributed by atoms with Gasteiger partial charge in [0.2, 0.25) is 0 Å². The van der Waals surface area contributed by atoms with Gasteiger partial charge in [-0.05, 0) is 73.3 Å². The molecule has 0 aromatic heterocycles. The second-order valence-corrected chi connectivity index (χ2v) is 9.77. The summed E-state index contributed by atoms with van der Waals surface area (Å²) in [6, 6.07) is 14.2. The summed E-state index contributed by atoms with van der Waals surface area (Å²) in [5.74, 6) is 1.10. The lowest BCUT2D eigenvalue weighted by atomic mass is 9.88. The first-order valence-corrected chi connectivity index (χ1v) is 12.1. The smallest absolute Gasteiger partial charge is 0.126 e. The zero-order chi connectivity index (χ0) is 23.8. The molecule has 4 N–H and O–H groups in total. The molecule has 2 aromatic rings. The van der Waals surface area contributed by atoms with Crippen LogP contribution in [0.1, 0.15) is 71.9 Å². The molecule has 0 unspecified atom stereocenters. The Hall–Kier alpha value is -2.47. The van der Waals surface area contributed by atoms with Crippen LogP contribution in [0.3, 0.4) is 0 Å². The third-order valence-electron chi connectivity index (χ3n) is 7.32. The molecular weight excluding hydrogens is 434 g/mol. The van der Waals surface area contributed by atoms with E-state index in [4.69, 9.17) is 9.47 Å². The Bertz CT molecular complexity index is 1050. The average Bonchev–Trinajstić information content (AvgIpc) is 3.67. The molecule has 0 radical (unpaired) electrons. The van der Waals surface area contributed by atoms with Gasteiger partial charge in [-0.1, -0.05) is 24.3 Å². The van der Waals surface area contributed by atoms with E-state index in [0.29, 0.717) is 29.2 Å². The molecule has 5 rings (SSSR count). The minimum Gasteiger partial charge on any atom is -0.490 e. The van der Waals surface area contributed by atoms with Gasteiger partial charge in [0, 0.05) is 5.56 Å².